The zero-order valence-electron chi connectivity index (χ0n) is 13.5. The quantitative estimate of drug-likeness (QED) is 0.779. The number of nitrogens with zero attached hydrogens (tertiary/aromatic N) is 1. The average molecular weight is 327 g/mol. The summed E-state index contributed by atoms with van der Waals surface area (Å²) < 4.78 is 5.97. The number of rotatable bonds is 5. The predicted molar refractivity (Wildman–Crippen MR) is 93.7 cm³/mol. The Morgan fingerprint density at radius 3 is 2.78 bits per heavy atom. The lowest BCUT2D eigenvalue weighted by molar-refractivity contribution is 0.0989. The summed E-state index contributed by atoms with van der Waals surface area (Å²) in [7, 11) is 4.11. The van der Waals surface area contributed by atoms with Crippen LogP contribution in [0.1, 0.15) is 22.3 Å². The Morgan fingerprint density at radius 1 is 1.13 bits per heavy atom. The van der Waals surface area contributed by atoms with Crippen molar-refractivity contribution in [3.8, 4) is 5.75 Å². The van der Waals surface area contributed by atoms with Crippen LogP contribution in [0.5, 0.6) is 5.75 Å². The maximum absolute atomic E-state index is 12.6. The highest BCUT2D eigenvalue weighted by Gasteiger charge is 2.22. The van der Waals surface area contributed by atoms with Crippen LogP contribution in [0.2, 0.25) is 0 Å². The van der Waals surface area contributed by atoms with E-state index in [4.69, 9.17) is 4.74 Å². The molecule has 3 rings (SSSR count). The number of fused-ring (bicyclic) bond motifs is 2. The molecule has 2 aromatic carbocycles. The second-order valence-corrected chi connectivity index (χ2v) is 7.00. The lowest BCUT2D eigenvalue weighted by Crippen LogP contribution is -2.15. The zero-order valence-corrected chi connectivity index (χ0v) is 14.4. The van der Waals surface area contributed by atoms with Crippen molar-refractivity contribution in [1.82, 2.24) is 4.90 Å². The third kappa shape index (κ3) is 3.77. The molecule has 0 aromatic heterocycles. The van der Waals surface area contributed by atoms with E-state index in [2.05, 4.69) is 25.1 Å². The molecule has 2 aromatic rings. The summed E-state index contributed by atoms with van der Waals surface area (Å²) in [6, 6.07) is 13.9. The molecular weight excluding hydrogens is 306 g/mol. The second kappa shape index (κ2) is 7.20. The Morgan fingerprint density at radius 2 is 1.96 bits per heavy atom. The van der Waals surface area contributed by atoms with Crippen LogP contribution < -0.4 is 4.74 Å². The van der Waals surface area contributed by atoms with Crippen molar-refractivity contribution in [2.45, 2.75) is 22.6 Å². The van der Waals surface area contributed by atoms with Crippen LogP contribution in [0.25, 0.3) is 0 Å². The monoisotopic (exact) mass is 327 g/mol. The number of carbonyl (C=O) groups excluding carboxylic acids is 1. The van der Waals surface area contributed by atoms with E-state index < -0.39 is 0 Å². The molecule has 0 saturated heterocycles. The lowest BCUT2D eigenvalue weighted by Gasteiger charge is -2.14. The normalized spacial score (nSPS) is 13.4. The van der Waals surface area contributed by atoms with E-state index >= 15 is 0 Å². The van der Waals surface area contributed by atoms with E-state index in [1.54, 1.807) is 11.8 Å². The maximum Gasteiger partial charge on any atom is 0.168 e. The first-order valence-corrected chi connectivity index (χ1v) is 8.66. The molecule has 0 atom stereocenters. The van der Waals surface area contributed by atoms with E-state index in [1.807, 2.05) is 36.4 Å². The Hall–Kier alpha value is -1.78. The minimum Gasteiger partial charge on any atom is -0.492 e. The molecule has 0 unspecified atom stereocenters. The van der Waals surface area contributed by atoms with Gasteiger partial charge < -0.3 is 9.64 Å². The molecule has 120 valence electrons. The van der Waals surface area contributed by atoms with Gasteiger partial charge in [0.2, 0.25) is 0 Å². The van der Waals surface area contributed by atoms with Crippen molar-refractivity contribution >= 4 is 17.5 Å². The summed E-state index contributed by atoms with van der Waals surface area (Å²) in [4.78, 5) is 16.8. The third-order valence-electron chi connectivity index (χ3n) is 3.82. The zero-order chi connectivity index (χ0) is 16.2. The smallest absolute Gasteiger partial charge is 0.168 e. The van der Waals surface area contributed by atoms with Crippen LogP contribution in [-0.4, -0.2) is 37.9 Å². The highest BCUT2D eigenvalue weighted by molar-refractivity contribution is 7.99. The van der Waals surface area contributed by atoms with Gasteiger partial charge in [0.1, 0.15) is 5.75 Å². The fourth-order valence-electron chi connectivity index (χ4n) is 2.64. The first kappa shape index (κ1) is 16.1. The van der Waals surface area contributed by atoms with Crippen molar-refractivity contribution in [1.29, 1.82) is 0 Å². The molecule has 4 heteroatoms. The second-order valence-electron chi connectivity index (χ2n) is 5.95. The molecule has 3 nitrogen and oxygen atoms in total. The Kier molecular flexibility index (Phi) is 5.03. The number of Topliss-reactive ketones (excluding diaryl/α,β-unsaturated/α-hetero) is 1. The molecule has 0 fully saturated rings. The van der Waals surface area contributed by atoms with Gasteiger partial charge in [-0.15, -0.1) is 0 Å². The van der Waals surface area contributed by atoms with E-state index in [0.29, 0.717) is 13.0 Å². The van der Waals surface area contributed by atoms with Crippen LogP contribution >= 0.6 is 11.8 Å². The Labute approximate surface area is 141 Å². The molecule has 0 aliphatic carbocycles. The van der Waals surface area contributed by atoms with Crippen molar-refractivity contribution in [2.24, 2.45) is 0 Å². The number of hydrogen-bond donors (Lipinski definition) is 0. The van der Waals surface area contributed by atoms with Gasteiger partial charge in [0.15, 0.2) is 5.78 Å². The summed E-state index contributed by atoms with van der Waals surface area (Å²) in [6.07, 6.45) is 1.42. The standard InChI is InChI=1S/C19H21NO2S/c1-20(2)11-6-12-22-17-9-5-8-15-16(21)13-14-7-3-4-10-18(14)23-19(15)17/h3-5,7-10H,6,11-13H2,1-2H3. The van der Waals surface area contributed by atoms with Crippen molar-refractivity contribution < 1.29 is 9.53 Å². The van der Waals surface area contributed by atoms with Crippen LogP contribution in [0.15, 0.2) is 52.3 Å². The Bertz CT molecular complexity index is 712. The highest BCUT2D eigenvalue weighted by atomic mass is 32.2. The van der Waals surface area contributed by atoms with Gasteiger partial charge in [-0.1, -0.05) is 36.0 Å². The Balaban J connectivity index is 1.85. The molecule has 0 N–H and O–H groups in total. The van der Waals surface area contributed by atoms with Gasteiger partial charge in [0.05, 0.1) is 11.5 Å². The molecule has 1 aliphatic heterocycles. The van der Waals surface area contributed by atoms with Gasteiger partial charge in [0, 0.05) is 23.4 Å². The van der Waals surface area contributed by atoms with Crippen LogP contribution in [0, 0.1) is 0 Å². The molecule has 0 radical (unpaired) electrons. The van der Waals surface area contributed by atoms with Gasteiger partial charge >= 0.3 is 0 Å². The number of carbonyl (C=O) groups is 1. The van der Waals surface area contributed by atoms with E-state index in [0.717, 1.165) is 39.6 Å². The van der Waals surface area contributed by atoms with Gasteiger partial charge in [-0.2, -0.15) is 0 Å². The number of benzene rings is 2. The van der Waals surface area contributed by atoms with Crippen LogP contribution in [0.4, 0.5) is 0 Å². The molecule has 1 aliphatic rings. The SMILES string of the molecule is CN(C)CCCOc1cccc2c1Sc1ccccc1CC2=O. The van der Waals surface area contributed by atoms with Gasteiger partial charge in [0.25, 0.3) is 0 Å². The van der Waals surface area contributed by atoms with E-state index in [9.17, 15) is 4.79 Å². The largest absolute Gasteiger partial charge is 0.492 e. The van der Waals surface area contributed by atoms with Crippen LogP contribution in [-0.2, 0) is 6.42 Å². The van der Waals surface area contributed by atoms with Gasteiger partial charge in [-0.3, -0.25) is 4.79 Å². The molecule has 1 heterocycles. The van der Waals surface area contributed by atoms with Crippen LogP contribution in [0.3, 0.4) is 0 Å². The lowest BCUT2D eigenvalue weighted by atomic mass is 10.0. The van der Waals surface area contributed by atoms with E-state index in [-0.39, 0.29) is 5.78 Å². The van der Waals surface area contributed by atoms with Gasteiger partial charge in [-0.05, 0) is 44.3 Å². The van der Waals surface area contributed by atoms with E-state index in [1.165, 1.54) is 0 Å². The highest BCUT2D eigenvalue weighted by Crippen LogP contribution is 2.42. The fourth-order valence-corrected chi connectivity index (χ4v) is 3.80. The summed E-state index contributed by atoms with van der Waals surface area (Å²) in [5.74, 6) is 0.979. The minimum absolute atomic E-state index is 0.163. The van der Waals surface area contributed by atoms with Gasteiger partial charge in [-0.25, -0.2) is 0 Å². The summed E-state index contributed by atoms with van der Waals surface area (Å²) in [6.45, 7) is 1.65. The number of ether oxygens (including phenoxy) is 1. The molecule has 23 heavy (non-hydrogen) atoms. The fraction of sp³-hybridized carbons (Fsp3) is 0.316. The molecule has 0 bridgehead atoms. The average Bonchev–Trinajstić information content (AvgIpc) is 2.68. The number of ketones is 1. The molecule has 0 spiro atoms. The van der Waals surface area contributed by atoms with Crippen molar-refractivity contribution in [2.75, 3.05) is 27.2 Å². The number of hydrogen-bond acceptors (Lipinski definition) is 4. The summed E-state index contributed by atoms with van der Waals surface area (Å²) in [5.41, 5.74) is 1.87. The molecular formula is C19H21NO2S. The molecule has 0 amide bonds. The minimum atomic E-state index is 0.163. The summed E-state index contributed by atoms with van der Waals surface area (Å²) >= 11 is 1.64. The summed E-state index contributed by atoms with van der Waals surface area (Å²) in [5, 5.41) is 0. The first-order valence-electron chi connectivity index (χ1n) is 7.84. The topological polar surface area (TPSA) is 29.5 Å². The van der Waals surface area contributed by atoms with Crippen molar-refractivity contribution in [3.63, 3.8) is 0 Å². The maximum atomic E-state index is 12.6. The third-order valence-corrected chi connectivity index (χ3v) is 5.07. The predicted octanol–water partition coefficient (Wildman–Crippen LogP) is 3.91. The van der Waals surface area contributed by atoms with Crippen molar-refractivity contribution in [3.05, 3.63) is 53.6 Å². The first-order chi connectivity index (χ1) is 11.1. The molecule has 0 saturated carbocycles.